The van der Waals surface area contributed by atoms with Gasteiger partial charge < -0.3 is 5.32 Å². The van der Waals surface area contributed by atoms with E-state index in [1.54, 1.807) is 7.05 Å². The first-order valence-corrected chi connectivity index (χ1v) is 6.52. The molecule has 0 aliphatic rings. The number of halogens is 2. The second-order valence-electron chi connectivity index (χ2n) is 3.86. The van der Waals surface area contributed by atoms with Crippen LogP contribution in [0.25, 0.3) is 0 Å². The predicted molar refractivity (Wildman–Crippen MR) is 66.7 cm³/mol. The Morgan fingerprint density at radius 1 is 1.32 bits per heavy atom. The van der Waals surface area contributed by atoms with E-state index in [1.165, 1.54) is 16.8 Å². The van der Waals surface area contributed by atoms with E-state index in [-0.39, 0.29) is 4.90 Å². The summed E-state index contributed by atoms with van der Waals surface area (Å²) in [6.45, 7) is 3.10. The molecule has 102 valence electrons. The van der Waals surface area contributed by atoms with Gasteiger partial charge in [0.15, 0.2) is 0 Å². The molecule has 5 nitrogen and oxygen atoms in total. The van der Waals surface area contributed by atoms with Crippen molar-refractivity contribution in [1.29, 1.82) is 0 Å². The topological polar surface area (TPSA) is 55.6 Å². The third-order valence-corrected chi connectivity index (χ3v) is 3.53. The van der Waals surface area contributed by atoms with Crippen molar-refractivity contribution in [2.45, 2.75) is 23.5 Å². The maximum Gasteiger partial charge on any atom is 0.214 e. The monoisotopic (exact) mass is 285 g/mol. The summed E-state index contributed by atoms with van der Waals surface area (Å²) in [4.78, 5) is -0.0989. The van der Waals surface area contributed by atoms with Gasteiger partial charge in [0, 0.05) is 13.6 Å². The fourth-order valence-corrected chi connectivity index (χ4v) is 2.22. The van der Waals surface area contributed by atoms with Crippen molar-refractivity contribution in [2.75, 3.05) is 6.54 Å². The molecule has 0 aliphatic carbocycles. The van der Waals surface area contributed by atoms with Crippen LogP contribution in [0.5, 0.6) is 0 Å². The van der Waals surface area contributed by atoms with Crippen LogP contribution >= 0.6 is 11.8 Å². The molecule has 8 heteroatoms. The molecule has 1 N–H and O–H groups in total. The normalized spacial score (nSPS) is 10.9. The molecule has 0 saturated heterocycles. The zero-order valence-electron chi connectivity index (χ0n) is 10.5. The van der Waals surface area contributed by atoms with Gasteiger partial charge in [0.05, 0.1) is 4.90 Å². The lowest BCUT2D eigenvalue weighted by Gasteiger charge is -2.07. The van der Waals surface area contributed by atoms with Gasteiger partial charge in [0.2, 0.25) is 5.16 Å². The lowest BCUT2D eigenvalue weighted by Crippen LogP contribution is -2.12. The quantitative estimate of drug-likeness (QED) is 0.907. The van der Waals surface area contributed by atoms with Crippen molar-refractivity contribution in [1.82, 2.24) is 25.5 Å². The third kappa shape index (κ3) is 3.27. The first kappa shape index (κ1) is 13.9. The van der Waals surface area contributed by atoms with Crippen molar-refractivity contribution >= 4 is 11.8 Å². The van der Waals surface area contributed by atoms with E-state index in [0.29, 0.717) is 17.3 Å². The van der Waals surface area contributed by atoms with Crippen LogP contribution in [0.3, 0.4) is 0 Å². The second kappa shape index (κ2) is 6.07. The Bertz CT molecular complexity index is 549. The second-order valence-corrected chi connectivity index (χ2v) is 4.83. The molecular formula is C11H13F2N5S. The molecule has 0 aliphatic heterocycles. The maximum atomic E-state index is 13.9. The average Bonchev–Trinajstić information content (AvgIpc) is 2.77. The molecule has 0 saturated carbocycles. The van der Waals surface area contributed by atoms with E-state index in [0.717, 1.165) is 18.3 Å². The molecule has 2 rings (SSSR count). The first-order valence-electron chi connectivity index (χ1n) is 5.70. The minimum Gasteiger partial charge on any atom is -0.313 e. The van der Waals surface area contributed by atoms with Crippen molar-refractivity contribution in [3.63, 3.8) is 0 Å². The number of aromatic nitrogens is 4. The fraction of sp³-hybridized carbons (Fsp3) is 0.364. The summed E-state index contributed by atoms with van der Waals surface area (Å²) in [6.07, 6.45) is 0. The summed E-state index contributed by atoms with van der Waals surface area (Å²) in [5.74, 6) is -1.22. The summed E-state index contributed by atoms with van der Waals surface area (Å²) >= 11 is 0.863. The zero-order valence-corrected chi connectivity index (χ0v) is 11.3. The molecule has 0 spiro atoms. The van der Waals surface area contributed by atoms with Crippen LogP contribution in [-0.4, -0.2) is 26.8 Å². The minimum absolute atomic E-state index is 0.0989. The van der Waals surface area contributed by atoms with Crippen LogP contribution in [0.2, 0.25) is 0 Å². The van der Waals surface area contributed by atoms with Crippen molar-refractivity contribution in [2.24, 2.45) is 7.05 Å². The largest absolute Gasteiger partial charge is 0.313 e. The highest BCUT2D eigenvalue weighted by Gasteiger charge is 2.15. The molecule has 1 aromatic heterocycles. The van der Waals surface area contributed by atoms with Crippen molar-refractivity contribution < 1.29 is 8.78 Å². The molecular weight excluding hydrogens is 272 g/mol. The maximum absolute atomic E-state index is 13.9. The molecule has 0 bridgehead atoms. The van der Waals surface area contributed by atoms with E-state index < -0.39 is 11.6 Å². The number of nitrogens with zero attached hydrogens (tertiary/aromatic N) is 4. The van der Waals surface area contributed by atoms with Crippen LogP contribution in [-0.2, 0) is 13.6 Å². The molecule has 19 heavy (non-hydrogen) atoms. The smallest absolute Gasteiger partial charge is 0.214 e. The van der Waals surface area contributed by atoms with Gasteiger partial charge in [0.25, 0.3) is 0 Å². The highest BCUT2D eigenvalue weighted by atomic mass is 32.2. The van der Waals surface area contributed by atoms with Gasteiger partial charge in [-0.25, -0.2) is 13.5 Å². The Balaban J connectivity index is 2.24. The molecule has 0 amide bonds. The lowest BCUT2D eigenvalue weighted by molar-refractivity contribution is 0.534. The van der Waals surface area contributed by atoms with Gasteiger partial charge in [-0.3, -0.25) is 0 Å². The minimum atomic E-state index is -0.610. The number of nitrogens with one attached hydrogen (secondary N) is 1. The van der Waals surface area contributed by atoms with E-state index in [2.05, 4.69) is 20.8 Å². The van der Waals surface area contributed by atoms with Gasteiger partial charge >= 0.3 is 0 Å². The average molecular weight is 285 g/mol. The third-order valence-electron chi connectivity index (χ3n) is 2.41. The highest BCUT2D eigenvalue weighted by Crippen LogP contribution is 2.30. The van der Waals surface area contributed by atoms with E-state index in [1.807, 2.05) is 6.92 Å². The lowest BCUT2D eigenvalue weighted by atomic mass is 10.2. The van der Waals surface area contributed by atoms with Crippen molar-refractivity contribution in [3.05, 3.63) is 29.3 Å². The van der Waals surface area contributed by atoms with Crippen molar-refractivity contribution in [3.8, 4) is 0 Å². The van der Waals surface area contributed by atoms with Crippen LogP contribution in [0.1, 0.15) is 12.5 Å². The fourth-order valence-electron chi connectivity index (χ4n) is 1.48. The summed E-state index contributed by atoms with van der Waals surface area (Å²) in [5.41, 5.74) is 0.567. The first-order chi connectivity index (χ1) is 9.11. The molecule has 0 fully saturated rings. The SMILES string of the molecule is CCNCc1cc(F)c(Sc2nnnn2C)c(F)c1. The summed E-state index contributed by atoms with van der Waals surface area (Å²) in [7, 11) is 1.61. The number of hydrogen-bond acceptors (Lipinski definition) is 5. The van der Waals surface area contributed by atoms with Gasteiger partial charge in [-0.15, -0.1) is 5.10 Å². The number of rotatable bonds is 5. The van der Waals surface area contributed by atoms with E-state index in [4.69, 9.17) is 0 Å². The number of hydrogen-bond donors (Lipinski definition) is 1. The Kier molecular flexibility index (Phi) is 4.43. The van der Waals surface area contributed by atoms with Crippen LogP contribution in [0.4, 0.5) is 8.78 Å². The summed E-state index contributed by atoms with van der Waals surface area (Å²) in [5, 5.41) is 14.1. The van der Waals surface area contributed by atoms with Crippen LogP contribution < -0.4 is 5.32 Å². The Labute approximate surface area is 113 Å². The molecule has 1 aromatic carbocycles. The summed E-state index contributed by atoms with van der Waals surface area (Å²) < 4.78 is 29.1. The van der Waals surface area contributed by atoms with Gasteiger partial charge in [-0.2, -0.15) is 0 Å². The Morgan fingerprint density at radius 3 is 2.53 bits per heavy atom. The summed E-state index contributed by atoms with van der Waals surface area (Å²) in [6, 6.07) is 2.63. The van der Waals surface area contributed by atoms with Crippen LogP contribution in [0.15, 0.2) is 22.2 Å². The molecule has 0 unspecified atom stereocenters. The van der Waals surface area contributed by atoms with E-state index in [9.17, 15) is 8.78 Å². The molecule has 0 atom stereocenters. The number of tetrazole rings is 1. The molecule has 0 radical (unpaired) electrons. The number of aryl methyl sites for hydroxylation is 1. The molecule has 1 heterocycles. The zero-order chi connectivity index (χ0) is 13.8. The Morgan fingerprint density at radius 2 is 2.00 bits per heavy atom. The van der Waals surface area contributed by atoms with Gasteiger partial charge in [0.1, 0.15) is 11.6 Å². The van der Waals surface area contributed by atoms with Gasteiger partial charge in [-0.05, 0) is 46.4 Å². The standard InChI is InChI=1S/C11H13F2N5S/c1-3-14-6-7-4-8(12)10(9(13)5-7)19-11-15-16-17-18(11)2/h4-5,14H,3,6H2,1-2H3. The Hall–Kier alpha value is -1.54. The van der Waals surface area contributed by atoms with Gasteiger partial charge in [-0.1, -0.05) is 6.92 Å². The van der Waals surface area contributed by atoms with E-state index >= 15 is 0 Å². The number of benzene rings is 1. The molecule has 2 aromatic rings. The highest BCUT2D eigenvalue weighted by molar-refractivity contribution is 7.99. The van der Waals surface area contributed by atoms with Crippen LogP contribution in [0, 0.1) is 11.6 Å². The predicted octanol–water partition coefficient (Wildman–Crippen LogP) is 1.75.